The zero-order chi connectivity index (χ0) is 5.61. The maximum Gasteiger partial charge on any atom is -0.0182 e. The van der Waals surface area contributed by atoms with Gasteiger partial charge in [0.25, 0.3) is 0 Å². The smallest absolute Gasteiger partial charge is 0.0182 e. The Hall–Kier alpha value is -0.0400. The Morgan fingerprint density at radius 2 is 2.00 bits per heavy atom. The van der Waals surface area contributed by atoms with E-state index >= 15 is 0 Å². The zero-order valence-electron chi connectivity index (χ0n) is 5.19. The molecule has 1 aliphatic heterocycles. The molecule has 0 atom stereocenters. The molecule has 2 fully saturated rings. The van der Waals surface area contributed by atoms with Crippen LogP contribution in [0.25, 0.3) is 0 Å². The summed E-state index contributed by atoms with van der Waals surface area (Å²) in [6, 6.07) is 0. The van der Waals surface area contributed by atoms with Crippen LogP contribution in [0.1, 0.15) is 19.3 Å². The molecule has 1 aliphatic carbocycles. The highest BCUT2D eigenvalue weighted by Gasteiger charge is 2.44. The standard InChI is InChI=1S/C7H12N/c1-8-5-4-7(6-8)2-3-7/h1-6H2/q-1. The maximum atomic E-state index is 3.91. The third-order valence-corrected chi connectivity index (χ3v) is 2.47. The summed E-state index contributed by atoms with van der Waals surface area (Å²) in [5, 5.41) is 0. The number of hydrogen-bond donors (Lipinski definition) is 0. The van der Waals surface area contributed by atoms with E-state index in [9.17, 15) is 0 Å². The van der Waals surface area contributed by atoms with E-state index in [4.69, 9.17) is 0 Å². The summed E-state index contributed by atoms with van der Waals surface area (Å²) >= 11 is 0. The fraction of sp³-hybridized carbons (Fsp3) is 0.857. The molecule has 1 heteroatoms. The summed E-state index contributed by atoms with van der Waals surface area (Å²) < 4.78 is 0. The van der Waals surface area contributed by atoms with Gasteiger partial charge in [-0.25, -0.2) is 0 Å². The second-order valence-corrected chi connectivity index (χ2v) is 3.30. The number of likely N-dealkylation sites (tertiary alicyclic amines) is 1. The van der Waals surface area contributed by atoms with E-state index in [1.165, 1.54) is 32.4 Å². The van der Waals surface area contributed by atoms with Gasteiger partial charge >= 0.3 is 0 Å². The highest BCUT2D eigenvalue weighted by molar-refractivity contribution is 5.00. The minimum atomic E-state index is 0.780. The first-order valence-electron chi connectivity index (χ1n) is 3.36. The van der Waals surface area contributed by atoms with E-state index in [2.05, 4.69) is 11.9 Å². The quantitative estimate of drug-likeness (QED) is 0.424. The van der Waals surface area contributed by atoms with Crippen molar-refractivity contribution in [2.75, 3.05) is 13.1 Å². The van der Waals surface area contributed by atoms with Crippen LogP contribution in [-0.4, -0.2) is 18.0 Å². The second-order valence-electron chi connectivity index (χ2n) is 3.30. The second kappa shape index (κ2) is 1.27. The Labute approximate surface area is 50.7 Å². The Morgan fingerprint density at radius 1 is 1.25 bits per heavy atom. The highest BCUT2D eigenvalue weighted by Crippen LogP contribution is 2.52. The molecule has 1 saturated carbocycles. The van der Waals surface area contributed by atoms with Crippen molar-refractivity contribution in [1.29, 1.82) is 0 Å². The zero-order valence-corrected chi connectivity index (χ0v) is 5.19. The van der Waals surface area contributed by atoms with Gasteiger partial charge in [0.05, 0.1) is 0 Å². The van der Waals surface area contributed by atoms with Gasteiger partial charge in [-0.2, -0.15) is 0 Å². The van der Waals surface area contributed by atoms with E-state index in [-0.39, 0.29) is 0 Å². The predicted molar refractivity (Wildman–Crippen MR) is 33.2 cm³/mol. The molecule has 0 N–H and O–H groups in total. The average molecular weight is 110 g/mol. The van der Waals surface area contributed by atoms with Crippen LogP contribution < -0.4 is 0 Å². The summed E-state index contributed by atoms with van der Waals surface area (Å²) in [5.74, 6) is 0. The molecule has 0 aromatic carbocycles. The predicted octanol–water partition coefficient (Wildman–Crippen LogP) is 1.26. The van der Waals surface area contributed by atoms with Crippen molar-refractivity contribution in [2.45, 2.75) is 19.3 Å². The average Bonchev–Trinajstić information content (AvgIpc) is 2.34. The van der Waals surface area contributed by atoms with Crippen molar-refractivity contribution < 1.29 is 0 Å². The van der Waals surface area contributed by atoms with Gasteiger partial charge in [-0.05, 0) is 37.8 Å². The molecule has 0 radical (unpaired) electrons. The maximum absolute atomic E-state index is 3.91. The molecule has 1 nitrogen and oxygen atoms in total. The topological polar surface area (TPSA) is 3.24 Å². The third-order valence-electron chi connectivity index (χ3n) is 2.47. The molecule has 1 spiro atoms. The van der Waals surface area contributed by atoms with Gasteiger partial charge in [-0.1, -0.05) is 0 Å². The highest BCUT2D eigenvalue weighted by atomic mass is 15.1. The van der Waals surface area contributed by atoms with Gasteiger partial charge in [-0.3, -0.25) is 7.05 Å². The largest absolute Gasteiger partial charge is 0.459 e. The normalized spacial score (nSPS) is 34.1. The molecule has 0 amide bonds. The van der Waals surface area contributed by atoms with E-state index in [1.807, 2.05) is 0 Å². The summed E-state index contributed by atoms with van der Waals surface area (Å²) in [5.41, 5.74) is 0.780. The molecule has 2 rings (SSSR count). The van der Waals surface area contributed by atoms with Crippen LogP contribution in [0.2, 0.25) is 0 Å². The Bertz CT molecular complexity index is 105. The van der Waals surface area contributed by atoms with Crippen LogP contribution in [0, 0.1) is 12.5 Å². The van der Waals surface area contributed by atoms with E-state index < -0.39 is 0 Å². The Kier molecular flexibility index (Phi) is 0.762. The molecule has 1 saturated heterocycles. The summed E-state index contributed by atoms with van der Waals surface area (Å²) in [4.78, 5) is 2.20. The lowest BCUT2D eigenvalue weighted by Crippen LogP contribution is -2.11. The van der Waals surface area contributed by atoms with Crippen molar-refractivity contribution in [3.05, 3.63) is 7.05 Å². The van der Waals surface area contributed by atoms with Crippen molar-refractivity contribution >= 4 is 0 Å². The first-order chi connectivity index (χ1) is 3.81. The summed E-state index contributed by atoms with van der Waals surface area (Å²) in [6.07, 6.45) is 4.36. The molecule has 0 aromatic heterocycles. The van der Waals surface area contributed by atoms with E-state index in [0.717, 1.165) is 5.41 Å². The Morgan fingerprint density at radius 3 is 2.25 bits per heavy atom. The van der Waals surface area contributed by atoms with Crippen molar-refractivity contribution in [2.24, 2.45) is 5.41 Å². The van der Waals surface area contributed by atoms with Crippen molar-refractivity contribution in [3.63, 3.8) is 0 Å². The molecule has 0 bridgehead atoms. The number of nitrogens with zero attached hydrogens (tertiary/aromatic N) is 1. The van der Waals surface area contributed by atoms with Crippen LogP contribution in [0.4, 0.5) is 0 Å². The van der Waals surface area contributed by atoms with E-state index in [1.54, 1.807) is 0 Å². The minimum Gasteiger partial charge on any atom is -0.459 e. The lowest BCUT2D eigenvalue weighted by atomic mass is 10.1. The first-order valence-corrected chi connectivity index (χ1v) is 3.36. The van der Waals surface area contributed by atoms with Gasteiger partial charge in [0.2, 0.25) is 0 Å². The Balaban J connectivity index is 2.03. The third kappa shape index (κ3) is 0.576. The van der Waals surface area contributed by atoms with Gasteiger partial charge in [0.15, 0.2) is 0 Å². The van der Waals surface area contributed by atoms with E-state index in [0.29, 0.717) is 0 Å². The fourth-order valence-corrected chi connectivity index (χ4v) is 1.61. The summed E-state index contributed by atoms with van der Waals surface area (Å²) in [7, 11) is 3.91. The molecule has 0 aromatic rings. The molecule has 46 valence electrons. The van der Waals surface area contributed by atoms with Gasteiger partial charge < -0.3 is 4.90 Å². The van der Waals surface area contributed by atoms with Crippen molar-refractivity contribution in [1.82, 2.24) is 4.90 Å². The van der Waals surface area contributed by atoms with Crippen LogP contribution in [0.3, 0.4) is 0 Å². The minimum absolute atomic E-state index is 0.780. The lowest BCUT2D eigenvalue weighted by molar-refractivity contribution is 0.426. The van der Waals surface area contributed by atoms with Crippen LogP contribution in [-0.2, 0) is 0 Å². The monoisotopic (exact) mass is 110 g/mol. The molecular weight excluding hydrogens is 98.1 g/mol. The lowest BCUT2D eigenvalue weighted by Gasteiger charge is -2.15. The fourth-order valence-electron chi connectivity index (χ4n) is 1.61. The van der Waals surface area contributed by atoms with Gasteiger partial charge in [0.1, 0.15) is 0 Å². The molecule has 8 heavy (non-hydrogen) atoms. The van der Waals surface area contributed by atoms with Crippen LogP contribution >= 0.6 is 0 Å². The van der Waals surface area contributed by atoms with Gasteiger partial charge in [0, 0.05) is 0 Å². The number of rotatable bonds is 0. The van der Waals surface area contributed by atoms with Crippen LogP contribution in [0.15, 0.2) is 0 Å². The molecule has 1 heterocycles. The van der Waals surface area contributed by atoms with Gasteiger partial charge in [-0.15, -0.1) is 0 Å². The molecule has 0 unspecified atom stereocenters. The summed E-state index contributed by atoms with van der Waals surface area (Å²) in [6.45, 7) is 2.51. The first kappa shape index (κ1) is 4.80. The SMILES string of the molecule is [CH2-]N1CCC2(CC2)C1. The van der Waals surface area contributed by atoms with Crippen molar-refractivity contribution in [3.8, 4) is 0 Å². The molecular formula is C7H12N-. The van der Waals surface area contributed by atoms with Crippen LogP contribution in [0.5, 0.6) is 0 Å². The number of hydrogen-bond acceptors (Lipinski definition) is 1. The molecule has 2 aliphatic rings.